The lowest BCUT2D eigenvalue weighted by molar-refractivity contribution is 0.0414. The topological polar surface area (TPSA) is 15.3 Å². The van der Waals surface area contributed by atoms with Crippen LogP contribution >= 0.6 is 0 Å². The normalized spacial score (nSPS) is 37.2. The number of rotatable bonds is 3. The van der Waals surface area contributed by atoms with Gasteiger partial charge in [-0.2, -0.15) is 0 Å². The third-order valence-electron chi connectivity index (χ3n) is 5.05. The maximum Gasteiger partial charge on any atom is 0.0146 e. The minimum atomic E-state index is 0.874. The number of likely N-dealkylation sites (tertiary alicyclic amines) is 1. The standard InChI is InChI=1S/C15H30N2/c1-12-5-4-6-13(2)15(12)17-9-7-14(8-10-17)11-16-3/h12-16H,4-11H2,1-3H3. The first-order valence-corrected chi connectivity index (χ1v) is 7.61. The fourth-order valence-electron chi connectivity index (χ4n) is 4.13. The Balaban J connectivity index is 1.86. The molecule has 2 rings (SSSR count). The van der Waals surface area contributed by atoms with Gasteiger partial charge in [0.15, 0.2) is 0 Å². The van der Waals surface area contributed by atoms with Gasteiger partial charge in [0, 0.05) is 6.04 Å². The number of nitrogens with one attached hydrogen (secondary N) is 1. The lowest BCUT2D eigenvalue weighted by atomic mass is 9.77. The van der Waals surface area contributed by atoms with Gasteiger partial charge in [0.25, 0.3) is 0 Å². The Kier molecular flexibility index (Phi) is 4.87. The summed E-state index contributed by atoms with van der Waals surface area (Å²) in [6, 6.07) is 0.874. The summed E-state index contributed by atoms with van der Waals surface area (Å²) in [6.45, 7) is 8.83. The van der Waals surface area contributed by atoms with E-state index in [1.54, 1.807) is 0 Å². The van der Waals surface area contributed by atoms with Crippen molar-refractivity contribution in [1.29, 1.82) is 0 Å². The maximum atomic E-state index is 3.33. The monoisotopic (exact) mass is 238 g/mol. The first-order chi connectivity index (χ1) is 8.22. The fourth-order valence-corrected chi connectivity index (χ4v) is 4.13. The highest BCUT2D eigenvalue weighted by Gasteiger charge is 2.34. The Bertz CT molecular complexity index is 211. The number of piperidine rings is 1. The number of nitrogens with zero attached hydrogens (tertiary/aromatic N) is 1. The van der Waals surface area contributed by atoms with E-state index in [1.165, 1.54) is 51.7 Å². The molecule has 1 aliphatic carbocycles. The van der Waals surface area contributed by atoms with Crippen LogP contribution in [-0.2, 0) is 0 Å². The molecular weight excluding hydrogens is 208 g/mol. The van der Waals surface area contributed by atoms with Crippen molar-refractivity contribution in [3.63, 3.8) is 0 Å². The predicted octanol–water partition coefficient (Wildman–Crippen LogP) is 2.74. The van der Waals surface area contributed by atoms with Gasteiger partial charge in [-0.25, -0.2) is 0 Å². The summed E-state index contributed by atoms with van der Waals surface area (Å²) in [6.07, 6.45) is 7.15. The van der Waals surface area contributed by atoms with E-state index in [1.807, 2.05) is 0 Å². The quantitative estimate of drug-likeness (QED) is 0.813. The molecule has 2 heteroatoms. The Morgan fingerprint density at radius 1 is 1.00 bits per heavy atom. The van der Waals surface area contributed by atoms with Gasteiger partial charge in [-0.15, -0.1) is 0 Å². The first kappa shape index (κ1) is 13.4. The molecule has 2 unspecified atom stereocenters. The van der Waals surface area contributed by atoms with Crippen LogP contribution in [-0.4, -0.2) is 37.6 Å². The van der Waals surface area contributed by atoms with E-state index in [4.69, 9.17) is 0 Å². The molecule has 17 heavy (non-hydrogen) atoms. The molecular formula is C15H30N2. The van der Waals surface area contributed by atoms with E-state index in [0.717, 1.165) is 23.8 Å². The Morgan fingerprint density at radius 3 is 2.12 bits per heavy atom. The molecule has 2 aliphatic rings. The predicted molar refractivity (Wildman–Crippen MR) is 74.2 cm³/mol. The molecule has 1 N–H and O–H groups in total. The molecule has 0 amide bonds. The molecule has 1 aliphatic heterocycles. The van der Waals surface area contributed by atoms with Crippen molar-refractivity contribution in [1.82, 2.24) is 10.2 Å². The molecule has 2 nitrogen and oxygen atoms in total. The molecule has 1 saturated carbocycles. The second-order valence-electron chi connectivity index (χ2n) is 6.41. The van der Waals surface area contributed by atoms with E-state index in [2.05, 4.69) is 31.1 Å². The van der Waals surface area contributed by atoms with Crippen molar-refractivity contribution in [2.24, 2.45) is 17.8 Å². The van der Waals surface area contributed by atoms with Crippen LogP contribution in [0.1, 0.15) is 46.0 Å². The molecule has 0 radical (unpaired) electrons. The molecule has 1 heterocycles. The van der Waals surface area contributed by atoms with Gasteiger partial charge in [-0.3, -0.25) is 4.90 Å². The molecule has 0 bridgehead atoms. The molecule has 0 aromatic carbocycles. The van der Waals surface area contributed by atoms with Crippen LogP contribution in [0, 0.1) is 17.8 Å². The molecule has 1 saturated heterocycles. The zero-order valence-electron chi connectivity index (χ0n) is 11.9. The van der Waals surface area contributed by atoms with Crippen LogP contribution in [0.3, 0.4) is 0 Å². The molecule has 2 atom stereocenters. The summed E-state index contributed by atoms with van der Waals surface area (Å²) < 4.78 is 0. The van der Waals surface area contributed by atoms with Crippen molar-refractivity contribution in [2.45, 2.75) is 52.0 Å². The van der Waals surface area contributed by atoms with Gasteiger partial charge >= 0.3 is 0 Å². The van der Waals surface area contributed by atoms with Gasteiger partial charge in [0.2, 0.25) is 0 Å². The number of hydrogen-bond acceptors (Lipinski definition) is 2. The van der Waals surface area contributed by atoms with E-state index in [0.29, 0.717) is 0 Å². The molecule has 2 fully saturated rings. The van der Waals surface area contributed by atoms with Crippen LogP contribution in [0.25, 0.3) is 0 Å². The summed E-state index contributed by atoms with van der Waals surface area (Å²) in [5.41, 5.74) is 0. The molecule has 0 aromatic rings. The van der Waals surface area contributed by atoms with E-state index >= 15 is 0 Å². The lowest BCUT2D eigenvalue weighted by Gasteiger charge is -2.45. The Hall–Kier alpha value is -0.0800. The van der Waals surface area contributed by atoms with Gasteiger partial charge in [-0.1, -0.05) is 20.3 Å². The van der Waals surface area contributed by atoms with Crippen molar-refractivity contribution >= 4 is 0 Å². The first-order valence-electron chi connectivity index (χ1n) is 7.61. The zero-order chi connectivity index (χ0) is 12.3. The van der Waals surface area contributed by atoms with E-state index < -0.39 is 0 Å². The van der Waals surface area contributed by atoms with Crippen molar-refractivity contribution in [2.75, 3.05) is 26.7 Å². The van der Waals surface area contributed by atoms with Crippen LogP contribution in [0.4, 0.5) is 0 Å². The van der Waals surface area contributed by atoms with Crippen molar-refractivity contribution in [3.05, 3.63) is 0 Å². The van der Waals surface area contributed by atoms with Gasteiger partial charge < -0.3 is 5.32 Å². The van der Waals surface area contributed by atoms with E-state index in [9.17, 15) is 0 Å². The summed E-state index contributed by atoms with van der Waals surface area (Å²) in [4.78, 5) is 2.81. The fraction of sp³-hybridized carbons (Fsp3) is 1.00. The minimum absolute atomic E-state index is 0.874. The highest BCUT2D eigenvalue weighted by molar-refractivity contribution is 4.88. The van der Waals surface area contributed by atoms with Crippen LogP contribution in [0.5, 0.6) is 0 Å². The SMILES string of the molecule is CNCC1CCN(C2C(C)CCCC2C)CC1. The zero-order valence-corrected chi connectivity index (χ0v) is 11.9. The van der Waals surface area contributed by atoms with E-state index in [-0.39, 0.29) is 0 Å². The number of hydrogen-bond donors (Lipinski definition) is 1. The van der Waals surface area contributed by atoms with Crippen LogP contribution < -0.4 is 5.32 Å². The molecule has 0 aromatic heterocycles. The Morgan fingerprint density at radius 2 is 1.59 bits per heavy atom. The second kappa shape index (κ2) is 6.19. The summed E-state index contributed by atoms with van der Waals surface area (Å²) >= 11 is 0. The smallest absolute Gasteiger partial charge is 0.0146 e. The summed E-state index contributed by atoms with van der Waals surface area (Å²) in [7, 11) is 2.08. The largest absolute Gasteiger partial charge is 0.319 e. The van der Waals surface area contributed by atoms with Crippen LogP contribution in [0.2, 0.25) is 0 Å². The average molecular weight is 238 g/mol. The second-order valence-corrected chi connectivity index (χ2v) is 6.41. The maximum absolute atomic E-state index is 3.33. The van der Waals surface area contributed by atoms with Gasteiger partial charge in [-0.05, 0) is 70.1 Å². The summed E-state index contributed by atoms with van der Waals surface area (Å²) in [5, 5.41) is 3.33. The lowest BCUT2D eigenvalue weighted by Crippen LogP contribution is -2.50. The van der Waals surface area contributed by atoms with Crippen molar-refractivity contribution < 1.29 is 0 Å². The highest BCUT2D eigenvalue weighted by atomic mass is 15.2. The van der Waals surface area contributed by atoms with Gasteiger partial charge in [0.1, 0.15) is 0 Å². The minimum Gasteiger partial charge on any atom is -0.319 e. The molecule has 0 spiro atoms. The average Bonchev–Trinajstić information content (AvgIpc) is 2.31. The van der Waals surface area contributed by atoms with Crippen molar-refractivity contribution in [3.8, 4) is 0 Å². The summed E-state index contributed by atoms with van der Waals surface area (Å²) in [5.74, 6) is 2.75. The highest BCUT2D eigenvalue weighted by Crippen LogP contribution is 2.34. The third-order valence-corrected chi connectivity index (χ3v) is 5.05. The van der Waals surface area contributed by atoms with Crippen LogP contribution in [0.15, 0.2) is 0 Å². The van der Waals surface area contributed by atoms with Gasteiger partial charge in [0.05, 0.1) is 0 Å². The Labute approximate surface area is 107 Å². The molecule has 100 valence electrons. The third kappa shape index (κ3) is 3.23.